The van der Waals surface area contributed by atoms with Gasteiger partial charge < -0.3 is 10.4 Å². The number of aromatic nitrogens is 1. The van der Waals surface area contributed by atoms with Crippen LogP contribution in [0.3, 0.4) is 0 Å². The first-order chi connectivity index (χ1) is 9.65. The maximum Gasteiger partial charge on any atom is 0.337 e. The summed E-state index contributed by atoms with van der Waals surface area (Å²) in [7, 11) is 0. The molecule has 0 aromatic carbocycles. The summed E-state index contributed by atoms with van der Waals surface area (Å²) in [5.74, 6) is 1.81. The highest BCUT2D eigenvalue weighted by Gasteiger charge is 2.65. The van der Waals surface area contributed by atoms with Crippen molar-refractivity contribution in [3.63, 3.8) is 0 Å². The van der Waals surface area contributed by atoms with Gasteiger partial charge in [0.05, 0.1) is 5.56 Å². The molecule has 0 aliphatic heterocycles. The molecule has 1 amide bonds. The normalized spacial score (nSPS) is 36.5. The molecule has 2 N–H and O–H groups in total. The summed E-state index contributed by atoms with van der Waals surface area (Å²) in [6.45, 7) is 0. The largest absolute Gasteiger partial charge is 0.478 e. The number of carbonyl (C=O) groups excluding carboxylic acids is 1. The summed E-state index contributed by atoms with van der Waals surface area (Å²) in [6, 6.07) is 3.22. The highest BCUT2D eigenvalue weighted by molar-refractivity contribution is 5.94. The molecule has 1 aromatic rings. The van der Waals surface area contributed by atoms with Crippen LogP contribution in [0.5, 0.6) is 0 Å². The molecule has 3 aliphatic rings. The molecule has 104 valence electrons. The smallest absolute Gasteiger partial charge is 0.337 e. The van der Waals surface area contributed by atoms with Crippen LogP contribution in [-0.4, -0.2) is 28.0 Å². The van der Waals surface area contributed by atoms with Gasteiger partial charge in [0.1, 0.15) is 5.69 Å². The van der Waals surface area contributed by atoms with Crippen molar-refractivity contribution < 1.29 is 14.7 Å². The van der Waals surface area contributed by atoms with Crippen LogP contribution in [0.25, 0.3) is 0 Å². The summed E-state index contributed by atoms with van der Waals surface area (Å²) in [5.41, 5.74) is 0.398. The number of rotatable bonds is 3. The van der Waals surface area contributed by atoms with Gasteiger partial charge in [-0.15, -0.1) is 0 Å². The standard InChI is InChI=1S/C15H16N2O3/c18-14(10-4-3-9(6-16-10)15(19)20)17-13-11-7-1-2-8(5-7)12(11)13/h3-4,6-8,11-13H,1-2,5H2,(H,17,18)(H,19,20). The van der Waals surface area contributed by atoms with E-state index in [1.54, 1.807) is 0 Å². The molecule has 5 nitrogen and oxygen atoms in total. The molecule has 3 fully saturated rings. The van der Waals surface area contributed by atoms with Gasteiger partial charge in [-0.3, -0.25) is 9.78 Å². The van der Waals surface area contributed by atoms with Crippen LogP contribution in [0, 0.1) is 23.7 Å². The minimum absolute atomic E-state index is 0.0999. The van der Waals surface area contributed by atoms with Gasteiger partial charge in [0.2, 0.25) is 0 Å². The third-order valence-corrected chi connectivity index (χ3v) is 5.28. The molecule has 2 bridgehead atoms. The van der Waals surface area contributed by atoms with Crippen molar-refractivity contribution in [2.24, 2.45) is 23.7 Å². The van der Waals surface area contributed by atoms with Crippen molar-refractivity contribution in [2.75, 3.05) is 0 Å². The minimum Gasteiger partial charge on any atom is -0.478 e. The van der Waals surface area contributed by atoms with E-state index in [0.717, 1.165) is 11.8 Å². The fourth-order valence-electron chi connectivity index (χ4n) is 4.40. The Hall–Kier alpha value is -1.91. The number of aromatic carboxylic acids is 1. The summed E-state index contributed by atoms with van der Waals surface area (Å²) in [5, 5.41) is 11.9. The lowest BCUT2D eigenvalue weighted by molar-refractivity contribution is 0.0695. The van der Waals surface area contributed by atoms with E-state index in [-0.39, 0.29) is 11.5 Å². The van der Waals surface area contributed by atoms with Gasteiger partial charge >= 0.3 is 5.97 Å². The van der Waals surface area contributed by atoms with Gasteiger partial charge in [0.15, 0.2) is 0 Å². The number of carbonyl (C=O) groups is 2. The number of fused-ring (bicyclic) bond motifs is 5. The van der Waals surface area contributed by atoms with Crippen LogP contribution in [0.2, 0.25) is 0 Å². The van der Waals surface area contributed by atoms with Crippen LogP contribution in [0.1, 0.15) is 40.1 Å². The zero-order chi connectivity index (χ0) is 13.9. The molecule has 0 saturated heterocycles. The zero-order valence-electron chi connectivity index (χ0n) is 11.0. The van der Waals surface area contributed by atoms with Crippen molar-refractivity contribution in [1.29, 1.82) is 0 Å². The van der Waals surface area contributed by atoms with Crippen LogP contribution in [0.4, 0.5) is 0 Å². The fourth-order valence-corrected chi connectivity index (χ4v) is 4.40. The zero-order valence-corrected chi connectivity index (χ0v) is 11.0. The van der Waals surface area contributed by atoms with Gasteiger partial charge in [-0.1, -0.05) is 0 Å². The maximum atomic E-state index is 12.1. The fraction of sp³-hybridized carbons (Fsp3) is 0.533. The number of hydrogen-bond acceptors (Lipinski definition) is 3. The molecule has 1 heterocycles. The van der Waals surface area contributed by atoms with E-state index in [1.165, 1.54) is 37.6 Å². The molecule has 4 atom stereocenters. The molecule has 1 aromatic heterocycles. The third kappa shape index (κ3) is 1.65. The monoisotopic (exact) mass is 272 g/mol. The lowest BCUT2D eigenvalue weighted by atomic mass is 10.0. The molecule has 4 unspecified atom stereocenters. The number of pyridine rings is 1. The third-order valence-electron chi connectivity index (χ3n) is 5.28. The Morgan fingerprint density at radius 3 is 2.45 bits per heavy atom. The second-order valence-electron chi connectivity index (χ2n) is 6.22. The van der Waals surface area contributed by atoms with E-state index in [4.69, 9.17) is 5.11 Å². The molecular weight excluding hydrogens is 256 g/mol. The highest BCUT2D eigenvalue weighted by atomic mass is 16.4. The summed E-state index contributed by atoms with van der Waals surface area (Å²) < 4.78 is 0. The van der Waals surface area contributed by atoms with E-state index in [2.05, 4.69) is 10.3 Å². The molecule has 4 rings (SSSR count). The quantitative estimate of drug-likeness (QED) is 0.875. The van der Waals surface area contributed by atoms with Crippen molar-refractivity contribution in [3.05, 3.63) is 29.6 Å². The first-order valence-corrected chi connectivity index (χ1v) is 7.15. The lowest BCUT2D eigenvalue weighted by Crippen LogP contribution is -2.30. The van der Waals surface area contributed by atoms with E-state index >= 15 is 0 Å². The Morgan fingerprint density at radius 1 is 1.20 bits per heavy atom. The molecular formula is C15H16N2O3. The number of carboxylic acids is 1. The molecule has 5 heteroatoms. The van der Waals surface area contributed by atoms with Crippen molar-refractivity contribution >= 4 is 11.9 Å². The molecule has 0 spiro atoms. The predicted molar refractivity (Wildman–Crippen MR) is 70.3 cm³/mol. The Labute approximate surface area is 116 Å². The number of amides is 1. The Kier molecular flexibility index (Phi) is 2.40. The molecule has 3 aliphatic carbocycles. The van der Waals surface area contributed by atoms with Gasteiger partial charge in [-0.2, -0.15) is 0 Å². The van der Waals surface area contributed by atoms with Crippen LogP contribution in [0.15, 0.2) is 18.3 Å². The van der Waals surface area contributed by atoms with Crippen LogP contribution >= 0.6 is 0 Å². The van der Waals surface area contributed by atoms with Gasteiger partial charge in [-0.25, -0.2) is 4.79 Å². The number of hydrogen-bond donors (Lipinski definition) is 2. The van der Waals surface area contributed by atoms with E-state index in [1.807, 2.05) is 0 Å². The van der Waals surface area contributed by atoms with Gasteiger partial charge in [0.25, 0.3) is 5.91 Å². The van der Waals surface area contributed by atoms with Gasteiger partial charge in [-0.05, 0) is 55.1 Å². The molecule has 3 saturated carbocycles. The Balaban J connectivity index is 1.43. The average molecular weight is 272 g/mol. The topological polar surface area (TPSA) is 79.3 Å². The average Bonchev–Trinajstić information content (AvgIpc) is 2.84. The number of nitrogens with one attached hydrogen (secondary N) is 1. The SMILES string of the molecule is O=C(O)c1ccc(C(=O)NC2C3C4CCC(C4)C23)nc1. The highest BCUT2D eigenvalue weighted by Crippen LogP contribution is 2.65. The summed E-state index contributed by atoms with van der Waals surface area (Å²) >= 11 is 0. The van der Waals surface area contributed by atoms with Crippen molar-refractivity contribution in [1.82, 2.24) is 10.3 Å². The molecule has 20 heavy (non-hydrogen) atoms. The Bertz CT molecular complexity index is 567. The van der Waals surface area contributed by atoms with Crippen LogP contribution < -0.4 is 5.32 Å². The number of nitrogens with zero attached hydrogens (tertiary/aromatic N) is 1. The maximum absolute atomic E-state index is 12.1. The van der Waals surface area contributed by atoms with Crippen molar-refractivity contribution in [3.8, 4) is 0 Å². The first kappa shape index (κ1) is 11.9. The van der Waals surface area contributed by atoms with Crippen molar-refractivity contribution in [2.45, 2.75) is 25.3 Å². The summed E-state index contributed by atoms with van der Waals surface area (Å²) in [6.07, 6.45) is 5.23. The van der Waals surface area contributed by atoms with Crippen LogP contribution in [-0.2, 0) is 0 Å². The second-order valence-corrected chi connectivity index (χ2v) is 6.22. The second kappa shape index (κ2) is 4.04. The molecule has 0 radical (unpaired) electrons. The van der Waals surface area contributed by atoms with Gasteiger partial charge in [0, 0.05) is 12.2 Å². The number of carboxylic acid groups (broad SMARTS) is 1. The predicted octanol–water partition coefficient (Wildman–Crippen LogP) is 1.55. The van der Waals surface area contributed by atoms with E-state index < -0.39 is 5.97 Å². The minimum atomic E-state index is -1.03. The first-order valence-electron chi connectivity index (χ1n) is 7.15. The van der Waals surface area contributed by atoms with E-state index in [9.17, 15) is 9.59 Å². The lowest BCUT2D eigenvalue weighted by Gasteiger charge is -2.10. The van der Waals surface area contributed by atoms with E-state index in [0.29, 0.717) is 23.6 Å². The summed E-state index contributed by atoms with van der Waals surface area (Å²) in [4.78, 5) is 26.8. The Morgan fingerprint density at radius 2 is 1.90 bits per heavy atom.